The highest BCUT2D eigenvalue weighted by molar-refractivity contribution is 7.99. The molecule has 0 unspecified atom stereocenters. The van der Waals surface area contributed by atoms with Gasteiger partial charge in [-0.3, -0.25) is 4.79 Å². The molecule has 0 bridgehead atoms. The molecule has 156 valence electrons. The minimum atomic E-state index is -0.357. The number of hydrogen-bond donors (Lipinski definition) is 0. The first-order valence-electron chi connectivity index (χ1n) is 9.80. The summed E-state index contributed by atoms with van der Waals surface area (Å²) in [7, 11) is 0. The predicted octanol–water partition coefficient (Wildman–Crippen LogP) is 6.95. The molecule has 3 aromatic rings. The fourth-order valence-electron chi connectivity index (χ4n) is 2.91. The summed E-state index contributed by atoms with van der Waals surface area (Å²) in [6.07, 6.45) is 0. The smallest absolute Gasteiger partial charge is 0.308 e. The molecule has 1 heterocycles. The second kappa shape index (κ2) is 9.99. The number of esters is 1. The highest BCUT2D eigenvalue weighted by Gasteiger charge is 2.12. The van der Waals surface area contributed by atoms with Gasteiger partial charge in [0.25, 0.3) is 0 Å². The van der Waals surface area contributed by atoms with E-state index in [0.29, 0.717) is 17.1 Å². The van der Waals surface area contributed by atoms with E-state index in [0.717, 1.165) is 23.8 Å². The van der Waals surface area contributed by atoms with Gasteiger partial charge in [0.1, 0.15) is 5.75 Å². The molecule has 0 aromatic heterocycles. The van der Waals surface area contributed by atoms with Gasteiger partial charge < -0.3 is 9.64 Å². The minimum Gasteiger partial charge on any atom is -0.427 e. The second-order valence-corrected chi connectivity index (χ2v) is 7.90. The fourth-order valence-corrected chi connectivity index (χ4v) is 3.89. The molecule has 1 fully saturated rings. The first-order valence-corrected chi connectivity index (χ1v) is 11.0. The van der Waals surface area contributed by atoms with Crippen molar-refractivity contribution in [3.05, 3.63) is 72.8 Å². The van der Waals surface area contributed by atoms with E-state index in [1.807, 2.05) is 48.2 Å². The monoisotopic (exact) mass is 431 g/mol. The van der Waals surface area contributed by atoms with E-state index in [-0.39, 0.29) is 5.97 Å². The molecule has 0 N–H and O–H groups in total. The summed E-state index contributed by atoms with van der Waals surface area (Å²) >= 11 is 1.95. The summed E-state index contributed by atoms with van der Waals surface area (Å²) in [6.45, 7) is 2.45. The highest BCUT2D eigenvalue weighted by Crippen LogP contribution is 2.27. The maximum absolute atomic E-state index is 10.9. The average Bonchev–Trinajstić information content (AvgIpc) is 3.33. The lowest BCUT2D eigenvalue weighted by Gasteiger charge is -2.16. The molecule has 7 nitrogen and oxygen atoms in total. The van der Waals surface area contributed by atoms with Crippen molar-refractivity contribution in [1.82, 2.24) is 0 Å². The number of benzene rings is 3. The molecule has 31 heavy (non-hydrogen) atoms. The Bertz CT molecular complexity index is 1070. The van der Waals surface area contributed by atoms with Crippen molar-refractivity contribution in [2.24, 2.45) is 20.5 Å². The van der Waals surface area contributed by atoms with Crippen LogP contribution in [-0.2, 0) is 4.79 Å². The number of anilines is 1. The number of hydrogen-bond acceptors (Lipinski definition) is 8. The van der Waals surface area contributed by atoms with Crippen molar-refractivity contribution in [2.75, 3.05) is 23.1 Å². The molecule has 1 saturated heterocycles. The molecule has 0 aliphatic carbocycles. The summed E-state index contributed by atoms with van der Waals surface area (Å²) in [6, 6.07) is 22.3. The van der Waals surface area contributed by atoms with Gasteiger partial charge in [-0.15, -0.1) is 11.8 Å². The van der Waals surface area contributed by atoms with E-state index >= 15 is 0 Å². The van der Waals surface area contributed by atoms with Gasteiger partial charge in [0.15, 0.2) is 0 Å². The second-order valence-electron chi connectivity index (χ2n) is 6.82. The van der Waals surface area contributed by atoms with Gasteiger partial charge >= 0.3 is 5.97 Å². The predicted molar refractivity (Wildman–Crippen MR) is 124 cm³/mol. The third kappa shape index (κ3) is 5.99. The third-order valence-electron chi connectivity index (χ3n) is 4.48. The molecule has 0 amide bonds. The van der Waals surface area contributed by atoms with E-state index in [1.165, 1.54) is 18.4 Å². The zero-order valence-electron chi connectivity index (χ0n) is 17.0. The van der Waals surface area contributed by atoms with E-state index in [4.69, 9.17) is 4.74 Å². The van der Waals surface area contributed by atoms with Crippen molar-refractivity contribution in [1.29, 1.82) is 0 Å². The first kappa shape index (κ1) is 20.7. The van der Waals surface area contributed by atoms with E-state index in [9.17, 15) is 4.79 Å². The van der Waals surface area contributed by atoms with Crippen LogP contribution in [0.2, 0.25) is 0 Å². The van der Waals surface area contributed by atoms with Crippen molar-refractivity contribution >= 4 is 46.2 Å². The van der Waals surface area contributed by atoms with Gasteiger partial charge in [-0.25, -0.2) is 0 Å². The quantitative estimate of drug-likeness (QED) is 0.240. The first-order chi connectivity index (χ1) is 15.2. The van der Waals surface area contributed by atoms with Crippen LogP contribution in [-0.4, -0.2) is 24.1 Å². The van der Waals surface area contributed by atoms with Gasteiger partial charge in [-0.05, 0) is 72.8 Å². The van der Waals surface area contributed by atoms with Gasteiger partial charge in [-0.1, -0.05) is 0 Å². The molecule has 1 aliphatic rings. The molecule has 3 aromatic carbocycles. The molecular formula is C23H21N5O2S. The van der Waals surface area contributed by atoms with Crippen LogP contribution in [0.4, 0.5) is 28.4 Å². The molecule has 4 rings (SSSR count). The molecule has 8 heteroatoms. The molecule has 0 saturated carbocycles. The van der Waals surface area contributed by atoms with Crippen LogP contribution < -0.4 is 9.64 Å². The van der Waals surface area contributed by atoms with Crippen LogP contribution in [0.25, 0.3) is 0 Å². The number of azo groups is 2. The van der Waals surface area contributed by atoms with Crippen molar-refractivity contribution in [3.63, 3.8) is 0 Å². The Morgan fingerprint density at radius 1 is 0.774 bits per heavy atom. The Kier molecular flexibility index (Phi) is 6.68. The molecule has 1 aliphatic heterocycles. The van der Waals surface area contributed by atoms with Gasteiger partial charge in [0.2, 0.25) is 0 Å². The summed E-state index contributed by atoms with van der Waals surface area (Å²) < 4.78 is 5.00. The third-order valence-corrected chi connectivity index (χ3v) is 5.44. The molecule has 0 atom stereocenters. The Labute approximate surface area is 184 Å². The number of ether oxygens (including phenoxy) is 1. The number of nitrogens with zero attached hydrogens (tertiary/aromatic N) is 5. The average molecular weight is 432 g/mol. The Morgan fingerprint density at radius 2 is 1.23 bits per heavy atom. The number of rotatable bonds is 6. The fraction of sp³-hybridized carbons (Fsp3) is 0.174. The Hall–Kier alpha value is -3.52. The van der Waals surface area contributed by atoms with Crippen LogP contribution in [0.3, 0.4) is 0 Å². The van der Waals surface area contributed by atoms with Crippen LogP contribution in [0.15, 0.2) is 93.3 Å². The van der Waals surface area contributed by atoms with Gasteiger partial charge in [0, 0.05) is 24.9 Å². The topological polar surface area (TPSA) is 79.0 Å². The highest BCUT2D eigenvalue weighted by atomic mass is 32.2. The lowest BCUT2D eigenvalue weighted by molar-refractivity contribution is -0.131. The van der Waals surface area contributed by atoms with Gasteiger partial charge in [0.05, 0.1) is 28.6 Å². The number of carbonyl (C=O) groups is 1. The molecular weight excluding hydrogens is 410 g/mol. The zero-order valence-corrected chi connectivity index (χ0v) is 17.8. The molecule has 0 spiro atoms. The van der Waals surface area contributed by atoms with Gasteiger partial charge in [-0.2, -0.15) is 20.5 Å². The largest absolute Gasteiger partial charge is 0.427 e. The summed E-state index contributed by atoms with van der Waals surface area (Å²) in [4.78, 5) is 13.3. The van der Waals surface area contributed by atoms with Crippen molar-refractivity contribution in [2.45, 2.75) is 6.92 Å². The van der Waals surface area contributed by atoms with Crippen LogP contribution in [0.1, 0.15) is 6.92 Å². The normalized spacial score (nSPS) is 13.9. The van der Waals surface area contributed by atoms with Crippen LogP contribution in [0.5, 0.6) is 5.75 Å². The van der Waals surface area contributed by atoms with Crippen LogP contribution in [0, 0.1) is 0 Å². The van der Waals surface area contributed by atoms with Crippen molar-refractivity contribution in [3.8, 4) is 5.75 Å². The number of carbonyl (C=O) groups excluding carboxylic acids is 1. The minimum absolute atomic E-state index is 0.357. The standard InChI is InChI=1S/C23H21N5O2S/c1-17(29)30-23-12-8-21(9-13-23)27-25-19-4-2-18(3-5-19)24-26-20-6-10-22(11-7-20)28-14-15-31-16-28/h2-13H,14-16H2,1H3. The summed E-state index contributed by atoms with van der Waals surface area (Å²) in [5.41, 5.74) is 4.15. The summed E-state index contributed by atoms with van der Waals surface area (Å²) in [5.74, 6) is 2.35. The SMILES string of the molecule is CC(=O)Oc1ccc(N=Nc2ccc(N=Nc3ccc(N4CCSC4)cc3)cc2)cc1. The molecule has 0 radical (unpaired) electrons. The Morgan fingerprint density at radius 3 is 1.65 bits per heavy atom. The lowest BCUT2D eigenvalue weighted by Crippen LogP contribution is -2.17. The summed E-state index contributed by atoms with van der Waals surface area (Å²) in [5, 5.41) is 17.0. The lowest BCUT2D eigenvalue weighted by atomic mass is 10.2. The van der Waals surface area contributed by atoms with E-state index < -0.39 is 0 Å². The zero-order chi connectivity index (χ0) is 21.5. The number of thioether (sulfide) groups is 1. The van der Waals surface area contributed by atoms with Crippen molar-refractivity contribution < 1.29 is 9.53 Å². The van der Waals surface area contributed by atoms with E-state index in [2.05, 4.69) is 37.5 Å². The maximum atomic E-state index is 10.9. The maximum Gasteiger partial charge on any atom is 0.308 e. The van der Waals surface area contributed by atoms with Crippen LogP contribution >= 0.6 is 11.8 Å². The Balaban J connectivity index is 1.34. The van der Waals surface area contributed by atoms with E-state index in [1.54, 1.807) is 24.3 Å².